The van der Waals surface area contributed by atoms with Crippen molar-refractivity contribution < 1.29 is 48.1 Å². The molecule has 0 unspecified atom stereocenters. The average molecular weight is 137 g/mol. The van der Waals surface area contributed by atoms with Gasteiger partial charge in [-0.3, -0.25) is 9.11 Å². The zero-order valence-electron chi connectivity index (χ0n) is 3.66. The van der Waals surface area contributed by atoms with E-state index >= 15 is 0 Å². The molecule has 0 aromatic rings. The van der Waals surface area contributed by atoms with Crippen molar-refractivity contribution >= 4 is 11.4 Å². The molecule has 0 saturated carbocycles. The van der Waals surface area contributed by atoms with Crippen molar-refractivity contribution in [3.63, 3.8) is 0 Å². The summed E-state index contributed by atoms with van der Waals surface area (Å²) in [5.74, 6) is 4.75. The molecule has 0 heterocycles. The molecular formula is H4NNaO4S. The molecule has 4 N–H and O–H groups in total. The van der Waals surface area contributed by atoms with Gasteiger partial charge in [-0.1, -0.05) is 0 Å². The summed E-state index contributed by atoms with van der Waals surface area (Å²) in [5, 5.41) is 6.25. The Morgan fingerprint density at radius 2 is 1.29 bits per heavy atom. The fourth-order valence-electron chi connectivity index (χ4n) is 0. The normalized spacial score (nSPS) is 5.86. The van der Waals surface area contributed by atoms with Gasteiger partial charge in [0.05, 0.1) is 0 Å². The molecule has 7 heteroatoms. The van der Waals surface area contributed by atoms with Crippen LogP contribution in [0.25, 0.3) is 5.90 Å². The van der Waals surface area contributed by atoms with Crippen molar-refractivity contribution in [3.8, 4) is 0 Å². The van der Waals surface area contributed by atoms with Crippen LogP contribution in [0.15, 0.2) is 0 Å². The summed E-state index contributed by atoms with van der Waals surface area (Å²) in [6.45, 7) is 0. The van der Waals surface area contributed by atoms with Gasteiger partial charge >= 0.3 is 29.6 Å². The van der Waals surface area contributed by atoms with Crippen molar-refractivity contribution in [2.24, 2.45) is 0 Å². The van der Waals surface area contributed by atoms with E-state index in [1.54, 1.807) is 0 Å². The van der Waals surface area contributed by atoms with E-state index in [9.17, 15) is 0 Å². The van der Waals surface area contributed by atoms with E-state index in [1.165, 1.54) is 0 Å². The van der Waals surface area contributed by atoms with Gasteiger partial charge in [0.2, 0.25) is 0 Å². The maximum absolute atomic E-state index is 8.67. The van der Waals surface area contributed by atoms with Crippen LogP contribution in [-0.4, -0.2) is 18.5 Å². The first-order valence-electron chi connectivity index (χ1n) is 0.755. The van der Waals surface area contributed by atoms with Crippen LogP contribution in [0.1, 0.15) is 0 Å². The van der Waals surface area contributed by atoms with Gasteiger partial charge in [0.25, 0.3) is 11.4 Å². The first-order valence-corrected chi connectivity index (χ1v) is 1.82. The van der Waals surface area contributed by atoms with Crippen LogP contribution in [0.2, 0.25) is 0 Å². The van der Waals surface area contributed by atoms with Gasteiger partial charge < -0.3 is 11.1 Å². The van der Waals surface area contributed by atoms with Gasteiger partial charge in [0.1, 0.15) is 0 Å². The quantitative estimate of drug-likeness (QED) is 0.189. The molecular weight excluding hydrogens is 133 g/mol. The van der Waals surface area contributed by atoms with Gasteiger partial charge in [-0.25, -0.2) is 0 Å². The van der Waals surface area contributed by atoms with E-state index in [0.717, 1.165) is 0 Å². The summed E-state index contributed by atoms with van der Waals surface area (Å²) in [6.07, 6.45) is 0. The smallest absolute Gasteiger partial charge is 0.553 e. The molecule has 0 spiro atoms. The molecule has 0 aromatic carbocycles. The van der Waals surface area contributed by atoms with Crippen molar-refractivity contribution in [1.29, 1.82) is 0 Å². The molecule has 40 valence electrons. The molecule has 0 amide bonds. The van der Waals surface area contributed by atoms with Gasteiger partial charge in [-0.2, -0.15) is 4.21 Å². The second kappa shape index (κ2) is 15.8. The molecule has 5 nitrogen and oxygen atoms in total. The summed E-state index contributed by atoms with van der Waals surface area (Å²) in [5.41, 5.74) is 0. The number of rotatable bonds is 0. The summed E-state index contributed by atoms with van der Waals surface area (Å²) >= 11 is -2.61. The Bertz CT molecular complexity index is 34.7. The monoisotopic (exact) mass is 137 g/mol. The fourth-order valence-corrected chi connectivity index (χ4v) is 0. The first-order chi connectivity index (χ1) is 2.73. The van der Waals surface area contributed by atoms with Crippen LogP contribution in [0.5, 0.6) is 0 Å². The average Bonchev–Trinajstić information content (AvgIpc) is 1.41. The largest absolute Gasteiger partial charge is 1.00 e. The van der Waals surface area contributed by atoms with Crippen molar-refractivity contribution in [3.05, 3.63) is 5.90 Å². The zero-order chi connectivity index (χ0) is 5.58. The van der Waals surface area contributed by atoms with E-state index < -0.39 is 11.4 Å². The maximum atomic E-state index is 8.67. The molecule has 0 aliphatic carbocycles. The second-order valence-electron chi connectivity index (χ2n) is 0.231. The third-order valence-electron chi connectivity index (χ3n) is 0. The molecule has 0 atom stereocenters. The molecule has 0 saturated heterocycles. The number of nitrogens with one attached hydrogen (secondary N) is 1. The maximum Gasteiger partial charge on any atom is 1.00 e. The van der Waals surface area contributed by atoms with E-state index in [2.05, 4.69) is 0 Å². The number of hydrogen-bond acceptors (Lipinski definition) is 2. The molecule has 0 radical (unpaired) electrons. The predicted molar refractivity (Wildman–Crippen MR) is 19.5 cm³/mol. The van der Waals surface area contributed by atoms with Crippen LogP contribution in [-0.2, 0) is 11.4 Å². The Morgan fingerprint density at radius 3 is 1.29 bits per heavy atom. The molecule has 0 aliphatic heterocycles. The van der Waals surface area contributed by atoms with Gasteiger partial charge in [0.15, 0.2) is 0 Å². The third-order valence-corrected chi connectivity index (χ3v) is 0. The van der Waals surface area contributed by atoms with Gasteiger partial charge in [-0.15, -0.1) is 0 Å². The Hall–Kier alpha value is 0.990. The minimum absolute atomic E-state index is 0. The van der Waals surface area contributed by atoms with Crippen molar-refractivity contribution in [1.82, 2.24) is 0 Å². The Kier molecular flexibility index (Phi) is 35.3. The second-order valence-corrected chi connectivity index (χ2v) is 0.692. The number of hydrogen-bond donors (Lipinski definition) is 3. The Balaban J connectivity index is -0.0000000480. The summed E-state index contributed by atoms with van der Waals surface area (Å²) in [4.78, 5) is 0. The minimum atomic E-state index is -2.61. The van der Waals surface area contributed by atoms with E-state index in [0.29, 0.717) is 0 Å². The molecule has 0 fully saturated rings. The Morgan fingerprint density at radius 1 is 1.29 bits per heavy atom. The van der Waals surface area contributed by atoms with Crippen LogP contribution in [0.3, 0.4) is 0 Å². The minimum Gasteiger partial charge on any atom is -0.553 e. The fraction of sp³-hybridized carbons (Fsp3) is 0. The SMILES string of the molecule is O=S(O)O.[NH-]O.[Na+]. The molecule has 0 aromatic heterocycles. The van der Waals surface area contributed by atoms with Crippen molar-refractivity contribution in [2.75, 3.05) is 0 Å². The van der Waals surface area contributed by atoms with E-state index in [-0.39, 0.29) is 29.6 Å². The standard InChI is InChI=1S/H2NO.Na.H2O3S/c1-2;;1-4(2)3/h1-2H;;(H2,1,2,3)/q-1;+1;. The third kappa shape index (κ3) is 178. The predicted octanol–water partition coefficient (Wildman–Crippen LogP) is -2.89. The van der Waals surface area contributed by atoms with Crippen LogP contribution >= 0.6 is 0 Å². The zero-order valence-corrected chi connectivity index (χ0v) is 6.47. The van der Waals surface area contributed by atoms with Gasteiger partial charge in [0, 0.05) is 0 Å². The molecule has 0 bridgehead atoms. The first kappa shape index (κ1) is 15.7. The molecule has 7 heavy (non-hydrogen) atoms. The van der Waals surface area contributed by atoms with Crippen LogP contribution in [0.4, 0.5) is 0 Å². The van der Waals surface area contributed by atoms with E-state index in [4.69, 9.17) is 24.4 Å². The topological polar surface area (TPSA) is 102 Å². The molecule has 0 aliphatic rings. The van der Waals surface area contributed by atoms with Gasteiger partial charge in [-0.05, 0) is 0 Å². The van der Waals surface area contributed by atoms with Crippen LogP contribution < -0.4 is 29.6 Å². The molecule has 0 rings (SSSR count). The summed E-state index contributed by atoms with van der Waals surface area (Å²) in [7, 11) is 0. The Labute approximate surface area is 65.3 Å². The van der Waals surface area contributed by atoms with E-state index in [1.807, 2.05) is 0 Å². The summed E-state index contributed by atoms with van der Waals surface area (Å²) in [6, 6.07) is 0. The summed E-state index contributed by atoms with van der Waals surface area (Å²) < 4.78 is 22.8. The van der Waals surface area contributed by atoms with Crippen LogP contribution in [0, 0.1) is 0 Å². The van der Waals surface area contributed by atoms with Crippen molar-refractivity contribution in [2.45, 2.75) is 0 Å².